The second-order valence-corrected chi connectivity index (χ2v) is 5.65. The van der Waals surface area contributed by atoms with Gasteiger partial charge in [0.2, 0.25) is 10.0 Å². The summed E-state index contributed by atoms with van der Waals surface area (Å²) in [6, 6.07) is -1.65. The molecule has 0 aromatic carbocycles. The van der Waals surface area contributed by atoms with E-state index >= 15 is 0 Å². The van der Waals surface area contributed by atoms with Crippen molar-refractivity contribution in [2.24, 2.45) is 0 Å². The molecule has 2 amide bonds. The molecule has 0 aliphatic rings. The van der Waals surface area contributed by atoms with Crippen molar-refractivity contribution in [3.8, 4) is 0 Å². The van der Waals surface area contributed by atoms with E-state index in [1.807, 2.05) is 0 Å². The van der Waals surface area contributed by atoms with Gasteiger partial charge in [-0.3, -0.25) is 0 Å². The molecule has 0 saturated carbocycles. The van der Waals surface area contributed by atoms with E-state index in [1.54, 1.807) is 6.92 Å². The molecule has 0 spiro atoms. The van der Waals surface area contributed by atoms with Crippen LogP contribution in [0.4, 0.5) is 4.79 Å². The highest BCUT2D eigenvalue weighted by molar-refractivity contribution is 7.89. The van der Waals surface area contributed by atoms with Gasteiger partial charge in [-0.25, -0.2) is 22.7 Å². The maximum absolute atomic E-state index is 11.3. The van der Waals surface area contributed by atoms with Gasteiger partial charge < -0.3 is 15.7 Å². The van der Waals surface area contributed by atoms with Crippen LogP contribution in [0.25, 0.3) is 0 Å². The largest absolute Gasteiger partial charge is 0.480 e. The van der Waals surface area contributed by atoms with Crippen molar-refractivity contribution < 1.29 is 23.1 Å². The van der Waals surface area contributed by atoms with Crippen LogP contribution in [0.15, 0.2) is 0 Å². The van der Waals surface area contributed by atoms with Crippen molar-refractivity contribution in [1.82, 2.24) is 15.4 Å². The summed E-state index contributed by atoms with van der Waals surface area (Å²) < 4.78 is 24.2. The topological polar surface area (TPSA) is 125 Å². The predicted molar refractivity (Wildman–Crippen MR) is 65.7 cm³/mol. The lowest BCUT2D eigenvalue weighted by Crippen LogP contribution is -2.47. The van der Waals surface area contributed by atoms with E-state index in [2.05, 4.69) is 15.4 Å². The molecule has 9 heteroatoms. The fourth-order valence-electron chi connectivity index (χ4n) is 1.16. The van der Waals surface area contributed by atoms with Gasteiger partial charge in [0.15, 0.2) is 0 Å². The Bertz CT molecular complexity index is 382. The van der Waals surface area contributed by atoms with Crippen molar-refractivity contribution in [1.29, 1.82) is 0 Å². The first-order chi connectivity index (χ1) is 8.32. The van der Waals surface area contributed by atoms with Gasteiger partial charge in [-0.1, -0.05) is 13.3 Å². The number of hydrogen-bond donors (Lipinski definition) is 4. The van der Waals surface area contributed by atoms with E-state index < -0.39 is 28.1 Å². The lowest BCUT2D eigenvalue weighted by atomic mass is 10.2. The first-order valence-electron chi connectivity index (χ1n) is 5.50. The number of hydrogen-bond acceptors (Lipinski definition) is 4. The molecule has 4 N–H and O–H groups in total. The molecule has 0 saturated heterocycles. The van der Waals surface area contributed by atoms with Gasteiger partial charge in [0.25, 0.3) is 0 Å². The van der Waals surface area contributed by atoms with Crippen LogP contribution in [0, 0.1) is 0 Å². The van der Waals surface area contributed by atoms with Crippen molar-refractivity contribution >= 4 is 22.0 Å². The summed E-state index contributed by atoms with van der Waals surface area (Å²) in [6.45, 7) is 1.71. The number of carbonyl (C=O) groups is 2. The van der Waals surface area contributed by atoms with Crippen LogP contribution in [-0.2, 0) is 14.8 Å². The highest BCUT2D eigenvalue weighted by atomic mass is 32.2. The van der Waals surface area contributed by atoms with Gasteiger partial charge in [0.05, 0.1) is 5.75 Å². The average Bonchev–Trinajstić information content (AvgIpc) is 2.28. The van der Waals surface area contributed by atoms with Crippen LogP contribution >= 0.6 is 0 Å². The molecule has 0 heterocycles. The third-order valence-electron chi connectivity index (χ3n) is 2.15. The van der Waals surface area contributed by atoms with Crippen LogP contribution in [0.5, 0.6) is 0 Å². The van der Waals surface area contributed by atoms with Gasteiger partial charge in [-0.15, -0.1) is 0 Å². The maximum atomic E-state index is 11.3. The van der Waals surface area contributed by atoms with E-state index in [0.717, 1.165) is 0 Å². The number of urea groups is 1. The van der Waals surface area contributed by atoms with E-state index in [4.69, 9.17) is 5.11 Å². The normalized spacial score (nSPS) is 12.8. The van der Waals surface area contributed by atoms with Gasteiger partial charge >= 0.3 is 12.0 Å². The van der Waals surface area contributed by atoms with E-state index in [1.165, 1.54) is 7.05 Å². The predicted octanol–water partition coefficient (Wildman–Crippen LogP) is -0.912. The van der Waals surface area contributed by atoms with Gasteiger partial charge in [-0.05, 0) is 13.5 Å². The minimum atomic E-state index is -3.38. The Morgan fingerprint density at radius 1 is 1.33 bits per heavy atom. The molecule has 8 nitrogen and oxygen atoms in total. The first kappa shape index (κ1) is 16.6. The minimum absolute atomic E-state index is 0.0898. The Morgan fingerprint density at radius 2 is 1.94 bits per heavy atom. The van der Waals surface area contributed by atoms with Gasteiger partial charge in [0.1, 0.15) is 6.04 Å². The molecular formula is C9H19N3O5S. The number of carboxylic acid groups (broad SMARTS) is 1. The third kappa shape index (κ3) is 7.07. The number of aliphatic carboxylic acids is 1. The first-order valence-corrected chi connectivity index (χ1v) is 7.16. The number of sulfonamides is 1. The zero-order valence-electron chi connectivity index (χ0n) is 10.4. The van der Waals surface area contributed by atoms with Crippen LogP contribution in [-0.4, -0.2) is 50.9 Å². The van der Waals surface area contributed by atoms with Crippen LogP contribution in [0.2, 0.25) is 0 Å². The standard InChI is InChI=1S/C9H19N3O5S/c1-3-4-7(8(13)14)12-9(15)11-5-6-18(16,17)10-2/h7,10H,3-6H2,1-2H3,(H,13,14)(H2,11,12,15)/t7-/m1/s1. The second kappa shape index (κ2) is 7.88. The number of rotatable bonds is 8. The smallest absolute Gasteiger partial charge is 0.326 e. The van der Waals surface area contributed by atoms with Crippen molar-refractivity contribution in [2.45, 2.75) is 25.8 Å². The monoisotopic (exact) mass is 281 g/mol. The molecule has 0 fully saturated rings. The summed E-state index contributed by atoms with van der Waals surface area (Å²) in [6.07, 6.45) is 0.933. The fraction of sp³-hybridized carbons (Fsp3) is 0.778. The zero-order valence-corrected chi connectivity index (χ0v) is 11.2. The molecule has 0 aromatic rings. The Balaban J connectivity index is 4.07. The summed E-state index contributed by atoms with van der Waals surface area (Å²) in [5.41, 5.74) is 0. The molecule has 0 radical (unpaired) electrons. The number of amides is 2. The Hall–Kier alpha value is -1.35. The summed E-state index contributed by atoms with van der Waals surface area (Å²) in [5, 5.41) is 13.3. The molecule has 106 valence electrons. The lowest BCUT2D eigenvalue weighted by Gasteiger charge is -2.14. The molecule has 0 aromatic heterocycles. The van der Waals surface area contributed by atoms with Gasteiger partial charge in [-0.2, -0.15) is 0 Å². The highest BCUT2D eigenvalue weighted by Gasteiger charge is 2.18. The summed E-state index contributed by atoms with van der Waals surface area (Å²) in [7, 11) is -2.10. The second-order valence-electron chi connectivity index (χ2n) is 3.60. The fourth-order valence-corrected chi connectivity index (χ4v) is 1.73. The summed E-state index contributed by atoms with van der Waals surface area (Å²) in [4.78, 5) is 22.1. The quantitative estimate of drug-likeness (QED) is 0.458. The lowest BCUT2D eigenvalue weighted by molar-refractivity contribution is -0.139. The number of nitrogens with one attached hydrogen (secondary N) is 3. The van der Waals surface area contributed by atoms with Crippen LogP contribution in [0.3, 0.4) is 0 Å². The maximum Gasteiger partial charge on any atom is 0.326 e. The van der Waals surface area contributed by atoms with E-state index in [-0.39, 0.29) is 12.3 Å². The Labute approximate surface area is 106 Å². The molecular weight excluding hydrogens is 262 g/mol. The highest BCUT2D eigenvalue weighted by Crippen LogP contribution is 1.96. The van der Waals surface area contributed by atoms with Crippen LogP contribution < -0.4 is 15.4 Å². The molecule has 0 aliphatic heterocycles. The van der Waals surface area contributed by atoms with Crippen molar-refractivity contribution in [3.63, 3.8) is 0 Å². The van der Waals surface area contributed by atoms with Crippen LogP contribution in [0.1, 0.15) is 19.8 Å². The van der Waals surface area contributed by atoms with Crippen molar-refractivity contribution in [2.75, 3.05) is 19.3 Å². The number of carboxylic acids is 1. The van der Waals surface area contributed by atoms with E-state index in [0.29, 0.717) is 12.8 Å². The molecule has 0 bridgehead atoms. The molecule has 1 atom stereocenters. The van der Waals surface area contributed by atoms with Gasteiger partial charge in [0, 0.05) is 6.54 Å². The number of carbonyl (C=O) groups excluding carboxylic acids is 1. The Morgan fingerprint density at radius 3 is 2.39 bits per heavy atom. The minimum Gasteiger partial charge on any atom is -0.480 e. The molecule has 0 rings (SSSR count). The summed E-state index contributed by atoms with van der Waals surface area (Å²) >= 11 is 0. The summed E-state index contributed by atoms with van der Waals surface area (Å²) in [5.74, 6) is -1.38. The molecule has 0 aliphatic carbocycles. The molecule has 0 unspecified atom stereocenters. The third-order valence-corrected chi connectivity index (χ3v) is 3.51. The average molecular weight is 281 g/mol. The van der Waals surface area contributed by atoms with Crippen molar-refractivity contribution in [3.05, 3.63) is 0 Å². The zero-order chi connectivity index (χ0) is 14.2. The van der Waals surface area contributed by atoms with E-state index in [9.17, 15) is 18.0 Å². The Kier molecular flexibility index (Phi) is 7.29. The SMILES string of the molecule is CCC[C@@H](NC(=O)NCCS(=O)(=O)NC)C(=O)O. The molecule has 18 heavy (non-hydrogen) atoms.